The van der Waals surface area contributed by atoms with Gasteiger partial charge >= 0.3 is 0 Å². The van der Waals surface area contributed by atoms with Gasteiger partial charge in [-0.05, 0) is 12.0 Å². The summed E-state index contributed by atoms with van der Waals surface area (Å²) in [4.78, 5) is 0. The smallest absolute Gasteiger partial charge is 0.0654 e. The average molecular weight is 223 g/mol. The second-order valence-electron chi connectivity index (χ2n) is 5.01. The lowest BCUT2D eigenvalue weighted by atomic mass is 10.2. The Kier molecular flexibility index (Phi) is 5.32. The summed E-state index contributed by atoms with van der Waals surface area (Å²) in [5.74, 6) is 0. The summed E-state index contributed by atoms with van der Waals surface area (Å²) in [6.45, 7) is 7.27. The predicted octanol–water partition coefficient (Wildman–Crippen LogP) is 4.65. The van der Waals surface area contributed by atoms with Crippen LogP contribution < -0.4 is 0 Å². The number of hydrogen-bond donors (Lipinski definition) is 0. The molecule has 0 saturated heterocycles. The fourth-order valence-corrected chi connectivity index (χ4v) is 4.38. The van der Waals surface area contributed by atoms with Gasteiger partial charge in [-0.1, -0.05) is 50.1 Å². The maximum Gasteiger partial charge on any atom is 0.0837 e. The zero-order chi connectivity index (χ0) is 11.1. The minimum atomic E-state index is -0.694. The maximum absolute atomic E-state index is 2.50. The quantitative estimate of drug-likeness (QED) is 0.486. The summed E-state index contributed by atoms with van der Waals surface area (Å²) in [6.07, 6.45) is 6.93. The number of unbranched alkanes of at least 4 members (excludes halogenated alkanes) is 2. The largest absolute Gasteiger partial charge is 0.0837 e. The number of rotatable bonds is 6. The minimum absolute atomic E-state index is 0.694. The van der Waals surface area contributed by atoms with Crippen molar-refractivity contribution in [1.82, 2.24) is 0 Å². The van der Waals surface area contributed by atoms with E-state index < -0.39 is 7.26 Å². The van der Waals surface area contributed by atoms with Gasteiger partial charge in [0.2, 0.25) is 0 Å². The topological polar surface area (TPSA) is 0 Å². The third-order valence-corrected chi connectivity index (χ3v) is 5.57. The second kappa shape index (κ2) is 6.28. The molecule has 0 radical (unpaired) electrons. The van der Waals surface area contributed by atoms with Crippen molar-refractivity contribution in [3.05, 3.63) is 35.9 Å². The van der Waals surface area contributed by atoms with Crippen molar-refractivity contribution in [2.75, 3.05) is 19.5 Å². The van der Waals surface area contributed by atoms with E-state index in [9.17, 15) is 0 Å². The molecule has 0 unspecified atom stereocenters. The Hall–Kier alpha value is -0.350. The van der Waals surface area contributed by atoms with Crippen molar-refractivity contribution < 1.29 is 0 Å². The Bertz CT molecular complexity index is 264. The molecular formula is C14H24P+. The van der Waals surface area contributed by atoms with E-state index in [1.165, 1.54) is 37.1 Å². The van der Waals surface area contributed by atoms with Crippen molar-refractivity contribution in [2.45, 2.75) is 32.3 Å². The number of hydrogen-bond acceptors (Lipinski definition) is 0. The Morgan fingerprint density at radius 2 is 1.67 bits per heavy atom. The molecule has 15 heavy (non-hydrogen) atoms. The lowest BCUT2D eigenvalue weighted by Gasteiger charge is -2.18. The molecule has 1 aromatic rings. The van der Waals surface area contributed by atoms with Crippen molar-refractivity contribution in [3.63, 3.8) is 0 Å². The van der Waals surface area contributed by atoms with E-state index in [1.807, 2.05) is 0 Å². The SMILES string of the molecule is CCCCC[P+](C)(C)Cc1ccccc1. The molecule has 0 heterocycles. The molecule has 0 aliphatic carbocycles. The molecule has 0 fully saturated rings. The second-order valence-corrected chi connectivity index (χ2v) is 9.65. The molecule has 0 amide bonds. The monoisotopic (exact) mass is 223 g/mol. The molecule has 0 atom stereocenters. The van der Waals surface area contributed by atoms with Gasteiger partial charge in [-0.15, -0.1) is 0 Å². The van der Waals surface area contributed by atoms with Gasteiger partial charge in [-0.25, -0.2) is 0 Å². The Morgan fingerprint density at radius 1 is 1.00 bits per heavy atom. The zero-order valence-electron chi connectivity index (χ0n) is 10.4. The van der Waals surface area contributed by atoms with Gasteiger partial charge in [-0.3, -0.25) is 0 Å². The van der Waals surface area contributed by atoms with Gasteiger partial charge < -0.3 is 0 Å². The van der Waals surface area contributed by atoms with E-state index in [2.05, 4.69) is 50.6 Å². The van der Waals surface area contributed by atoms with Crippen molar-refractivity contribution in [3.8, 4) is 0 Å². The molecule has 0 nitrogen and oxygen atoms in total. The summed E-state index contributed by atoms with van der Waals surface area (Å²) in [5.41, 5.74) is 1.52. The summed E-state index contributed by atoms with van der Waals surface area (Å²) >= 11 is 0. The average Bonchev–Trinajstić information content (AvgIpc) is 2.18. The first-order valence-corrected chi connectivity index (χ1v) is 9.05. The Labute approximate surface area is 95.4 Å². The van der Waals surface area contributed by atoms with Gasteiger partial charge in [0.1, 0.15) is 0 Å². The lowest BCUT2D eigenvalue weighted by Crippen LogP contribution is -1.99. The standard InChI is InChI=1S/C14H24P/c1-4-5-9-12-15(2,3)13-14-10-7-6-8-11-14/h6-8,10-11H,4-5,9,12-13H2,1-3H3/q+1. The highest BCUT2D eigenvalue weighted by molar-refractivity contribution is 7.73. The number of benzene rings is 1. The van der Waals surface area contributed by atoms with Crippen molar-refractivity contribution in [1.29, 1.82) is 0 Å². The maximum atomic E-state index is 2.50. The van der Waals surface area contributed by atoms with Crippen LogP contribution in [0.4, 0.5) is 0 Å². The molecule has 0 aliphatic heterocycles. The molecule has 0 bridgehead atoms. The van der Waals surface area contributed by atoms with Gasteiger partial charge in [-0.2, -0.15) is 0 Å². The van der Waals surface area contributed by atoms with Crippen LogP contribution in [0.3, 0.4) is 0 Å². The van der Waals surface area contributed by atoms with E-state index in [0.717, 1.165) is 0 Å². The highest BCUT2D eigenvalue weighted by atomic mass is 31.2. The summed E-state index contributed by atoms with van der Waals surface area (Å²) in [6, 6.07) is 10.9. The van der Waals surface area contributed by atoms with Gasteiger partial charge in [0, 0.05) is 20.6 Å². The summed E-state index contributed by atoms with van der Waals surface area (Å²) in [7, 11) is -0.694. The third-order valence-electron chi connectivity index (χ3n) is 2.82. The zero-order valence-corrected chi connectivity index (χ0v) is 11.3. The first-order chi connectivity index (χ1) is 7.14. The summed E-state index contributed by atoms with van der Waals surface area (Å²) in [5, 5.41) is 0. The van der Waals surface area contributed by atoms with Crippen molar-refractivity contribution >= 4 is 7.26 Å². The van der Waals surface area contributed by atoms with Crippen LogP contribution in [0.15, 0.2) is 30.3 Å². The normalized spacial score (nSPS) is 11.7. The van der Waals surface area contributed by atoms with Crippen LogP contribution in [-0.4, -0.2) is 19.5 Å². The van der Waals surface area contributed by atoms with E-state index in [1.54, 1.807) is 0 Å². The van der Waals surface area contributed by atoms with Crippen LogP contribution in [0.1, 0.15) is 31.7 Å². The molecule has 0 spiro atoms. The van der Waals surface area contributed by atoms with Crippen LogP contribution in [0.5, 0.6) is 0 Å². The molecule has 0 aromatic heterocycles. The molecule has 1 heteroatoms. The Morgan fingerprint density at radius 3 is 2.27 bits per heavy atom. The molecule has 1 aromatic carbocycles. The first kappa shape index (κ1) is 12.7. The van der Waals surface area contributed by atoms with Gasteiger partial charge in [0.25, 0.3) is 0 Å². The van der Waals surface area contributed by atoms with Gasteiger partial charge in [0.05, 0.1) is 12.3 Å². The van der Waals surface area contributed by atoms with E-state index >= 15 is 0 Å². The van der Waals surface area contributed by atoms with Crippen molar-refractivity contribution in [2.24, 2.45) is 0 Å². The Balaban J connectivity index is 2.42. The van der Waals surface area contributed by atoms with Gasteiger partial charge in [0.15, 0.2) is 0 Å². The van der Waals surface area contributed by atoms with E-state index in [-0.39, 0.29) is 0 Å². The molecule has 0 aliphatic rings. The van der Waals surface area contributed by atoms with Crippen LogP contribution in [0.25, 0.3) is 0 Å². The lowest BCUT2D eigenvalue weighted by molar-refractivity contribution is 0.773. The highest BCUT2D eigenvalue weighted by Gasteiger charge is 2.24. The minimum Gasteiger partial charge on any atom is -0.0654 e. The third kappa shape index (κ3) is 5.33. The van der Waals surface area contributed by atoms with E-state index in [4.69, 9.17) is 0 Å². The summed E-state index contributed by atoms with van der Waals surface area (Å²) < 4.78 is 0. The predicted molar refractivity (Wildman–Crippen MR) is 73.3 cm³/mol. The fraction of sp³-hybridized carbons (Fsp3) is 0.571. The van der Waals surface area contributed by atoms with Crippen LogP contribution in [0, 0.1) is 0 Å². The van der Waals surface area contributed by atoms with Crippen LogP contribution >= 0.6 is 7.26 Å². The van der Waals surface area contributed by atoms with Crippen LogP contribution in [-0.2, 0) is 6.16 Å². The van der Waals surface area contributed by atoms with Crippen LogP contribution in [0.2, 0.25) is 0 Å². The molecule has 1 rings (SSSR count). The van der Waals surface area contributed by atoms with E-state index in [0.29, 0.717) is 0 Å². The highest BCUT2D eigenvalue weighted by Crippen LogP contribution is 2.54. The molecule has 0 saturated carbocycles. The first-order valence-electron chi connectivity index (χ1n) is 6.00. The fourth-order valence-electron chi connectivity index (χ4n) is 1.95. The molecule has 84 valence electrons. The molecular weight excluding hydrogens is 199 g/mol. The molecule has 0 N–H and O–H groups in total.